The largest absolute Gasteiger partial charge is 0.324 e. The van der Waals surface area contributed by atoms with Crippen LogP contribution in [-0.2, 0) is 14.8 Å². The van der Waals surface area contributed by atoms with Crippen LogP contribution in [0, 0.1) is 0 Å². The van der Waals surface area contributed by atoms with Gasteiger partial charge in [-0.25, -0.2) is 13.1 Å². The first-order valence-corrected chi connectivity index (χ1v) is 9.06. The SMILES string of the molecule is CCCNS(=O)(=O)c1ccc(NC(=O)C2(N)CCCC2)cc1. The van der Waals surface area contributed by atoms with Crippen molar-refractivity contribution in [3.63, 3.8) is 0 Å². The van der Waals surface area contributed by atoms with Gasteiger partial charge in [-0.15, -0.1) is 0 Å². The molecule has 0 saturated heterocycles. The van der Waals surface area contributed by atoms with Crippen molar-refractivity contribution in [2.75, 3.05) is 11.9 Å². The summed E-state index contributed by atoms with van der Waals surface area (Å²) in [5, 5.41) is 2.77. The molecule has 0 bridgehead atoms. The Kier molecular flexibility index (Phi) is 5.20. The molecule has 0 spiro atoms. The van der Waals surface area contributed by atoms with Gasteiger partial charge in [0.15, 0.2) is 0 Å². The zero-order valence-corrected chi connectivity index (χ0v) is 13.6. The Hall–Kier alpha value is -1.44. The quantitative estimate of drug-likeness (QED) is 0.739. The molecule has 6 nitrogen and oxygen atoms in total. The van der Waals surface area contributed by atoms with E-state index in [9.17, 15) is 13.2 Å². The number of hydrogen-bond donors (Lipinski definition) is 3. The second-order valence-corrected chi connectivity index (χ2v) is 7.51. The molecule has 1 saturated carbocycles. The van der Waals surface area contributed by atoms with E-state index in [1.807, 2.05) is 6.92 Å². The lowest BCUT2D eigenvalue weighted by atomic mass is 9.98. The van der Waals surface area contributed by atoms with Gasteiger partial charge in [0.2, 0.25) is 15.9 Å². The maximum atomic E-state index is 12.2. The zero-order chi connectivity index (χ0) is 16.2. The molecule has 22 heavy (non-hydrogen) atoms. The summed E-state index contributed by atoms with van der Waals surface area (Å²) in [5.74, 6) is -0.204. The molecule has 0 unspecified atom stereocenters. The van der Waals surface area contributed by atoms with Gasteiger partial charge in [-0.3, -0.25) is 4.79 Å². The first kappa shape index (κ1) is 16.9. The van der Waals surface area contributed by atoms with E-state index in [0.29, 0.717) is 25.1 Å². The van der Waals surface area contributed by atoms with Crippen LogP contribution in [-0.4, -0.2) is 26.4 Å². The summed E-state index contributed by atoms with van der Waals surface area (Å²) in [7, 11) is -3.48. The lowest BCUT2D eigenvalue weighted by Gasteiger charge is -2.22. The van der Waals surface area contributed by atoms with Gasteiger partial charge in [0.25, 0.3) is 0 Å². The minimum atomic E-state index is -3.48. The maximum absolute atomic E-state index is 12.2. The molecule has 1 fully saturated rings. The average molecular weight is 325 g/mol. The third-order valence-corrected chi connectivity index (χ3v) is 5.39. The van der Waals surface area contributed by atoms with Crippen LogP contribution < -0.4 is 15.8 Å². The Morgan fingerprint density at radius 3 is 2.36 bits per heavy atom. The third-order valence-electron chi connectivity index (χ3n) is 3.91. The van der Waals surface area contributed by atoms with Crippen LogP contribution in [0.15, 0.2) is 29.2 Å². The van der Waals surface area contributed by atoms with E-state index >= 15 is 0 Å². The van der Waals surface area contributed by atoms with Crippen LogP contribution in [0.5, 0.6) is 0 Å². The summed E-state index contributed by atoms with van der Waals surface area (Å²) >= 11 is 0. The molecule has 122 valence electrons. The van der Waals surface area contributed by atoms with Crippen molar-refractivity contribution in [1.29, 1.82) is 0 Å². The fraction of sp³-hybridized carbons (Fsp3) is 0.533. The molecular weight excluding hydrogens is 302 g/mol. The van der Waals surface area contributed by atoms with E-state index in [2.05, 4.69) is 10.0 Å². The van der Waals surface area contributed by atoms with E-state index in [1.165, 1.54) is 12.1 Å². The number of anilines is 1. The van der Waals surface area contributed by atoms with Gasteiger partial charge in [0, 0.05) is 12.2 Å². The highest BCUT2D eigenvalue weighted by Crippen LogP contribution is 2.28. The van der Waals surface area contributed by atoms with Crippen LogP contribution in [0.1, 0.15) is 39.0 Å². The molecule has 0 atom stereocenters. The molecule has 1 aliphatic carbocycles. The van der Waals surface area contributed by atoms with Crippen molar-refractivity contribution in [3.05, 3.63) is 24.3 Å². The monoisotopic (exact) mass is 325 g/mol. The van der Waals surface area contributed by atoms with Crippen LogP contribution in [0.2, 0.25) is 0 Å². The number of carbonyl (C=O) groups excluding carboxylic acids is 1. The fourth-order valence-electron chi connectivity index (χ4n) is 2.53. The fourth-order valence-corrected chi connectivity index (χ4v) is 3.66. The van der Waals surface area contributed by atoms with Crippen molar-refractivity contribution in [2.24, 2.45) is 5.73 Å². The molecular formula is C15H23N3O3S. The van der Waals surface area contributed by atoms with Crippen LogP contribution in [0.4, 0.5) is 5.69 Å². The van der Waals surface area contributed by atoms with Gasteiger partial charge in [-0.1, -0.05) is 19.8 Å². The number of sulfonamides is 1. The Balaban J connectivity index is 2.04. The molecule has 1 amide bonds. The number of rotatable bonds is 6. The van der Waals surface area contributed by atoms with Crippen molar-refractivity contribution < 1.29 is 13.2 Å². The predicted octanol–water partition coefficient (Wildman–Crippen LogP) is 1.58. The third kappa shape index (κ3) is 3.85. The molecule has 1 aliphatic rings. The van der Waals surface area contributed by atoms with Crippen LogP contribution >= 0.6 is 0 Å². The number of amides is 1. The Labute approximate surface area is 131 Å². The highest BCUT2D eigenvalue weighted by molar-refractivity contribution is 7.89. The van der Waals surface area contributed by atoms with E-state index in [1.54, 1.807) is 12.1 Å². The van der Waals surface area contributed by atoms with Gasteiger partial charge in [-0.05, 0) is 43.5 Å². The number of nitrogens with two attached hydrogens (primary N) is 1. The van der Waals surface area contributed by atoms with Gasteiger partial charge < -0.3 is 11.1 Å². The van der Waals surface area contributed by atoms with Gasteiger partial charge in [0.1, 0.15) is 0 Å². The lowest BCUT2D eigenvalue weighted by molar-refractivity contribution is -0.121. The van der Waals surface area contributed by atoms with E-state index in [4.69, 9.17) is 5.73 Å². The van der Waals surface area contributed by atoms with Crippen molar-refractivity contribution in [1.82, 2.24) is 4.72 Å². The Morgan fingerprint density at radius 2 is 1.82 bits per heavy atom. The standard InChI is InChI=1S/C15H23N3O3S/c1-2-11-17-22(20,21)13-7-5-12(6-8-13)18-14(19)15(16)9-3-4-10-15/h5-8,17H,2-4,9-11,16H2,1H3,(H,18,19). The van der Waals surface area contributed by atoms with Crippen molar-refractivity contribution in [3.8, 4) is 0 Å². The molecule has 4 N–H and O–H groups in total. The summed E-state index contributed by atoms with van der Waals surface area (Å²) < 4.78 is 26.4. The molecule has 1 aromatic carbocycles. The minimum absolute atomic E-state index is 0.183. The number of hydrogen-bond acceptors (Lipinski definition) is 4. The number of benzene rings is 1. The molecule has 0 aliphatic heterocycles. The molecule has 7 heteroatoms. The Morgan fingerprint density at radius 1 is 1.23 bits per heavy atom. The van der Waals surface area contributed by atoms with Crippen molar-refractivity contribution >= 4 is 21.6 Å². The molecule has 1 aromatic rings. The highest BCUT2D eigenvalue weighted by atomic mass is 32.2. The number of carbonyl (C=O) groups is 1. The summed E-state index contributed by atoms with van der Waals surface area (Å²) in [5.41, 5.74) is 5.84. The normalized spacial score (nSPS) is 17.4. The van der Waals surface area contributed by atoms with Gasteiger partial charge >= 0.3 is 0 Å². The molecule has 0 radical (unpaired) electrons. The first-order chi connectivity index (χ1) is 10.4. The summed E-state index contributed by atoms with van der Waals surface area (Å²) in [4.78, 5) is 12.4. The highest BCUT2D eigenvalue weighted by Gasteiger charge is 2.36. The minimum Gasteiger partial charge on any atom is -0.324 e. The smallest absolute Gasteiger partial charge is 0.244 e. The molecule has 2 rings (SSSR count). The summed E-state index contributed by atoms with van der Waals surface area (Å²) in [6, 6.07) is 6.12. The first-order valence-electron chi connectivity index (χ1n) is 7.57. The number of nitrogens with one attached hydrogen (secondary N) is 2. The van der Waals surface area contributed by atoms with Gasteiger partial charge in [-0.2, -0.15) is 0 Å². The Bertz CT molecular complexity index is 620. The topological polar surface area (TPSA) is 101 Å². The molecule has 0 aromatic heterocycles. The van der Waals surface area contributed by atoms with E-state index in [-0.39, 0.29) is 10.8 Å². The molecule has 0 heterocycles. The van der Waals surface area contributed by atoms with Crippen LogP contribution in [0.25, 0.3) is 0 Å². The van der Waals surface area contributed by atoms with Crippen molar-refractivity contribution in [2.45, 2.75) is 49.5 Å². The average Bonchev–Trinajstić information content (AvgIpc) is 2.94. The second-order valence-electron chi connectivity index (χ2n) is 5.74. The van der Waals surface area contributed by atoms with E-state index in [0.717, 1.165) is 19.3 Å². The second kappa shape index (κ2) is 6.76. The predicted molar refractivity (Wildman–Crippen MR) is 85.9 cm³/mol. The lowest BCUT2D eigenvalue weighted by Crippen LogP contribution is -2.48. The summed E-state index contributed by atoms with van der Waals surface area (Å²) in [6.07, 6.45) is 4.03. The van der Waals surface area contributed by atoms with Crippen LogP contribution in [0.3, 0.4) is 0 Å². The summed E-state index contributed by atoms with van der Waals surface area (Å²) in [6.45, 7) is 2.29. The zero-order valence-electron chi connectivity index (χ0n) is 12.8. The maximum Gasteiger partial charge on any atom is 0.244 e. The van der Waals surface area contributed by atoms with E-state index < -0.39 is 15.6 Å². The van der Waals surface area contributed by atoms with Gasteiger partial charge in [0.05, 0.1) is 10.4 Å².